The van der Waals surface area contributed by atoms with Crippen molar-refractivity contribution in [3.05, 3.63) is 58.6 Å². The van der Waals surface area contributed by atoms with Crippen LogP contribution < -0.4 is 10.1 Å². The quantitative estimate of drug-likeness (QED) is 0.301. The van der Waals surface area contributed by atoms with Crippen LogP contribution in [0.25, 0.3) is 11.3 Å². The number of benzene rings is 2. The van der Waals surface area contributed by atoms with Crippen LogP contribution in [-0.4, -0.2) is 32.9 Å². The number of carbonyl (C=O) groups is 1. The Hall–Kier alpha value is -2.45. The number of ketones is 1. The van der Waals surface area contributed by atoms with Crippen LogP contribution in [0.5, 0.6) is 5.88 Å². The van der Waals surface area contributed by atoms with Crippen LogP contribution in [0.4, 0.5) is 5.69 Å². The van der Waals surface area contributed by atoms with E-state index in [-0.39, 0.29) is 5.78 Å². The summed E-state index contributed by atoms with van der Waals surface area (Å²) in [5.74, 6) is 1.03. The van der Waals surface area contributed by atoms with E-state index in [4.69, 9.17) is 4.74 Å². The van der Waals surface area contributed by atoms with Gasteiger partial charge in [0, 0.05) is 27.0 Å². The number of hydrogen-bond acceptors (Lipinski definition) is 7. The maximum Gasteiger partial charge on any atom is 0.247 e. The fourth-order valence-electron chi connectivity index (χ4n) is 2.91. The first kappa shape index (κ1) is 19.8. The molecule has 2 aromatic carbocycles. The number of halogens is 1. The highest BCUT2D eigenvalue weighted by molar-refractivity contribution is 9.10. The van der Waals surface area contributed by atoms with Gasteiger partial charge in [0.1, 0.15) is 0 Å². The maximum absolute atomic E-state index is 13.1. The average molecular weight is 471 g/mol. The van der Waals surface area contributed by atoms with Crippen LogP contribution in [-0.2, 0) is 0 Å². The van der Waals surface area contributed by atoms with E-state index in [2.05, 4.69) is 43.4 Å². The molecule has 1 unspecified atom stereocenters. The van der Waals surface area contributed by atoms with Crippen molar-refractivity contribution in [3.8, 4) is 17.1 Å². The first-order valence-corrected chi connectivity index (χ1v) is 11.1. The molecule has 1 aliphatic heterocycles. The lowest BCUT2D eigenvalue weighted by Crippen LogP contribution is -2.35. The van der Waals surface area contributed by atoms with E-state index in [9.17, 15) is 4.79 Å². The van der Waals surface area contributed by atoms with Gasteiger partial charge in [0.05, 0.1) is 0 Å². The Morgan fingerprint density at radius 1 is 1.21 bits per heavy atom. The summed E-state index contributed by atoms with van der Waals surface area (Å²) in [6, 6.07) is 14.8. The molecule has 1 atom stereocenters. The summed E-state index contributed by atoms with van der Waals surface area (Å²) in [7, 11) is 0. The summed E-state index contributed by atoms with van der Waals surface area (Å²) < 4.78 is 6.93. The van der Waals surface area contributed by atoms with Crippen molar-refractivity contribution >= 4 is 39.2 Å². The summed E-state index contributed by atoms with van der Waals surface area (Å²) in [6.45, 7) is 2.14. The Balaban J connectivity index is 1.74. The highest BCUT2D eigenvalue weighted by Crippen LogP contribution is 2.38. The standard InChI is InChI=1S/C21H19BrN4O2S/c1-2-3-11-29-21-24-19-17(25-26-21)15-12-14(22)9-10-16(15)23-20(28-19)18(27)13-7-5-4-6-8-13/h4-10,12,20,23H,2-3,11H2,1H3. The number of thioether (sulfide) groups is 1. The van der Waals surface area contributed by atoms with Crippen LogP contribution in [0.3, 0.4) is 0 Å². The third kappa shape index (κ3) is 4.43. The molecule has 0 aliphatic carbocycles. The van der Waals surface area contributed by atoms with Gasteiger partial charge in [-0.3, -0.25) is 4.79 Å². The SMILES string of the molecule is CCCCSc1nnc2c(n1)OC(C(=O)c1ccccc1)Nc1ccc(Br)cc1-2. The van der Waals surface area contributed by atoms with Crippen molar-refractivity contribution in [1.82, 2.24) is 15.2 Å². The molecule has 0 saturated heterocycles. The molecule has 4 rings (SSSR count). The molecule has 29 heavy (non-hydrogen) atoms. The first-order valence-electron chi connectivity index (χ1n) is 9.35. The van der Waals surface area contributed by atoms with Gasteiger partial charge in [-0.15, -0.1) is 10.2 Å². The van der Waals surface area contributed by atoms with E-state index >= 15 is 0 Å². The monoisotopic (exact) mass is 470 g/mol. The third-order valence-electron chi connectivity index (χ3n) is 4.41. The largest absolute Gasteiger partial charge is 0.444 e. The molecule has 0 bridgehead atoms. The second-order valence-corrected chi connectivity index (χ2v) is 8.49. The van der Waals surface area contributed by atoms with Crippen molar-refractivity contribution < 1.29 is 9.53 Å². The third-order valence-corrected chi connectivity index (χ3v) is 5.83. The minimum atomic E-state index is -0.913. The van der Waals surface area contributed by atoms with Gasteiger partial charge in [-0.1, -0.05) is 71.4 Å². The van der Waals surface area contributed by atoms with Gasteiger partial charge >= 0.3 is 0 Å². The number of unbranched alkanes of at least 4 members (excludes halogenated alkanes) is 1. The fraction of sp³-hybridized carbons (Fsp3) is 0.238. The highest BCUT2D eigenvalue weighted by atomic mass is 79.9. The number of aromatic nitrogens is 3. The molecule has 148 valence electrons. The zero-order chi connectivity index (χ0) is 20.2. The lowest BCUT2D eigenvalue weighted by Gasteiger charge is -2.17. The van der Waals surface area contributed by atoms with Gasteiger partial charge in [-0.2, -0.15) is 4.98 Å². The van der Waals surface area contributed by atoms with Gasteiger partial charge in [0.25, 0.3) is 0 Å². The summed E-state index contributed by atoms with van der Waals surface area (Å²) in [5.41, 5.74) is 2.59. The summed E-state index contributed by atoms with van der Waals surface area (Å²) in [4.78, 5) is 17.6. The number of fused-ring (bicyclic) bond motifs is 3. The number of Topliss-reactive ketones (excluding diaryl/α,β-unsaturated/α-hetero) is 1. The minimum absolute atomic E-state index is 0.175. The van der Waals surface area contributed by atoms with Crippen LogP contribution in [0.1, 0.15) is 30.1 Å². The average Bonchev–Trinajstić information content (AvgIpc) is 2.90. The molecule has 0 saturated carbocycles. The van der Waals surface area contributed by atoms with Crippen LogP contribution in [0.15, 0.2) is 58.2 Å². The Kier molecular flexibility index (Phi) is 6.10. The molecule has 2 heterocycles. The van der Waals surface area contributed by atoms with Crippen molar-refractivity contribution in [1.29, 1.82) is 0 Å². The van der Waals surface area contributed by atoms with Gasteiger partial charge in [-0.05, 0) is 24.6 Å². The summed E-state index contributed by atoms with van der Waals surface area (Å²) in [6.07, 6.45) is 1.25. The van der Waals surface area contributed by atoms with Crippen molar-refractivity contribution in [2.75, 3.05) is 11.1 Å². The van der Waals surface area contributed by atoms with Crippen LogP contribution in [0.2, 0.25) is 0 Å². The molecule has 0 spiro atoms. The smallest absolute Gasteiger partial charge is 0.247 e. The van der Waals surface area contributed by atoms with Crippen molar-refractivity contribution in [3.63, 3.8) is 0 Å². The van der Waals surface area contributed by atoms with Gasteiger partial charge in [0.15, 0.2) is 5.69 Å². The zero-order valence-electron chi connectivity index (χ0n) is 15.8. The Labute approximate surface area is 181 Å². The topological polar surface area (TPSA) is 77.0 Å². The Bertz CT molecular complexity index is 1030. The van der Waals surface area contributed by atoms with Crippen molar-refractivity contribution in [2.24, 2.45) is 0 Å². The summed E-state index contributed by atoms with van der Waals surface area (Å²) >= 11 is 5.03. The van der Waals surface area contributed by atoms with Crippen molar-refractivity contribution in [2.45, 2.75) is 31.1 Å². The molecule has 8 heteroatoms. The van der Waals surface area contributed by atoms with E-state index in [1.54, 1.807) is 12.1 Å². The number of hydrogen-bond donors (Lipinski definition) is 1. The zero-order valence-corrected chi connectivity index (χ0v) is 18.2. The molecule has 0 fully saturated rings. The van der Waals surface area contributed by atoms with Gasteiger partial charge in [0.2, 0.25) is 23.0 Å². The highest BCUT2D eigenvalue weighted by Gasteiger charge is 2.30. The number of anilines is 1. The van der Waals surface area contributed by atoms with Gasteiger partial charge < -0.3 is 10.1 Å². The normalized spacial score (nSPS) is 14.8. The molecule has 1 aromatic heterocycles. The molecular weight excluding hydrogens is 452 g/mol. The molecule has 3 aromatic rings. The maximum atomic E-state index is 13.1. The number of carbonyl (C=O) groups excluding carboxylic acids is 1. The molecule has 0 amide bonds. The van der Waals surface area contributed by atoms with Crippen LogP contribution >= 0.6 is 27.7 Å². The lowest BCUT2D eigenvalue weighted by molar-refractivity contribution is 0.0823. The number of nitrogens with zero attached hydrogens (tertiary/aromatic N) is 3. The van der Waals surface area contributed by atoms with Gasteiger partial charge in [-0.25, -0.2) is 0 Å². The Morgan fingerprint density at radius 3 is 2.83 bits per heavy atom. The van der Waals surface area contributed by atoms with E-state index in [1.807, 2.05) is 36.4 Å². The molecule has 6 nitrogen and oxygen atoms in total. The van der Waals surface area contributed by atoms with E-state index in [0.29, 0.717) is 22.3 Å². The molecular formula is C21H19BrN4O2S. The number of ether oxygens (including phenoxy) is 1. The fourth-order valence-corrected chi connectivity index (χ4v) is 4.13. The number of nitrogens with one attached hydrogen (secondary N) is 1. The second-order valence-electron chi connectivity index (χ2n) is 6.51. The van der Waals surface area contributed by atoms with E-state index < -0.39 is 6.23 Å². The molecule has 1 N–H and O–H groups in total. The lowest BCUT2D eigenvalue weighted by atomic mass is 10.1. The second kappa shape index (κ2) is 8.92. The Morgan fingerprint density at radius 2 is 2.03 bits per heavy atom. The van der Waals surface area contributed by atoms with E-state index in [1.165, 1.54) is 11.8 Å². The predicted molar refractivity (Wildman–Crippen MR) is 117 cm³/mol. The minimum Gasteiger partial charge on any atom is -0.444 e. The number of rotatable bonds is 6. The first-order chi connectivity index (χ1) is 14.2. The van der Waals surface area contributed by atoms with Crippen LogP contribution in [0, 0.1) is 0 Å². The molecule has 0 radical (unpaired) electrons. The predicted octanol–water partition coefficient (Wildman–Crippen LogP) is 5.21. The van der Waals surface area contributed by atoms with E-state index in [0.717, 1.165) is 34.3 Å². The molecule has 1 aliphatic rings. The summed E-state index contributed by atoms with van der Waals surface area (Å²) in [5, 5.41) is 12.4.